The standard InChI is InChI=1S/C34H29Cl4N5O8/c1-15-11-16(5-6-22(15)44)25-17-7-10-42-31(48)41(9-8-18-30(47)40(2)20-13-24(51-4)23(50-3)12-19(20)39-18)32(49)43(42)21(17)14-33(37)28(45)26(35)27(36)29(46)34(25,33)38/h5-7,11-13,21,25,44H,8-10,14H2,1-4H3. The largest absolute Gasteiger partial charge is 0.508 e. The van der Waals surface area contributed by atoms with Gasteiger partial charge in [-0.25, -0.2) is 28.5 Å². The number of allylic oxidation sites excluding steroid dienone is 4. The summed E-state index contributed by atoms with van der Waals surface area (Å²) in [4.78, 5) is 69.3. The number of fused-ring (bicyclic) bond motifs is 5. The summed E-state index contributed by atoms with van der Waals surface area (Å²) in [5, 5.41) is 9.15. The number of Topliss-reactive ketones (excluding diaryl/α,β-unsaturated/α-hetero) is 2. The number of methoxy groups -OCH3 is 2. The summed E-state index contributed by atoms with van der Waals surface area (Å²) < 4.78 is 15.5. The van der Waals surface area contributed by atoms with Gasteiger partial charge in [0.25, 0.3) is 5.56 Å². The summed E-state index contributed by atoms with van der Waals surface area (Å²) in [5.74, 6) is -2.10. The van der Waals surface area contributed by atoms with E-state index in [1.165, 1.54) is 34.2 Å². The Balaban J connectivity index is 1.33. The van der Waals surface area contributed by atoms with Gasteiger partial charge in [0.1, 0.15) is 31.3 Å². The molecular weight excluding hydrogens is 748 g/mol. The number of phenolic OH excluding ortho intramolecular Hbond substituents is 1. The second kappa shape index (κ2) is 12.1. The number of rotatable bonds is 6. The maximum Gasteiger partial charge on any atom is 0.347 e. The molecule has 1 saturated carbocycles. The molecule has 3 heterocycles. The lowest BCUT2D eigenvalue weighted by atomic mass is 9.59. The first-order chi connectivity index (χ1) is 24.1. The first-order valence-electron chi connectivity index (χ1n) is 15.7. The van der Waals surface area contributed by atoms with Crippen molar-refractivity contribution in [2.75, 3.05) is 14.2 Å². The van der Waals surface area contributed by atoms with E-state index in [4.69, 9.17) is 55.9 Å². The first kappa shape index (κ1) is 35.1. The van der Waals surface area contributed by atoms with Crippen molar-refractivity contribution in [3.63, 3.8) is 0 Å². The van der Waals surface area contributed by atoms with Gasteiger partial charge in [0, 0.05) is 44.5 Å². The zero-order valence-corrected chi connectivity index (χ0v) is 30.5. The van der Waals surface area contributed by atoms with Crippen molar-refractivity contribution in [3.8, 4) is 17.2 Å². The summed E-state index contributed by atoms with van der Waals surface area (Å²) in [7, 11) is 4.53. The summed E-state index contributed by atoms with van der Waals surface area (Å²) in [5.41, 5.74) is 0.510. The van der Waals surface area contributed by atoms with Crippen molar-refractivity contribution in [1.82, 2.24) is 23.5 Å². The van der Waals surface area contributed by atoms with Gasteiger partial charge in [-0.3, -0.25) is 14.4 Å². The lowest BCUT2D eigenvalue weighted by molar-refractivity contribution is -0.128. The lowest BCUT2D eigenvalue weighted by Crippen LogP contribution is -2.67. The molecule has 0 amide bonds. The molecule has 17 heteroatoms. The molecule has 0 radical (unpaired) electrons. The van der Waals surface area contributed by atoms with E-state index >= 15 is 0 Å². The van der Waals surface area contributed by atoms with Gasteiger partial charge in [0.15, 0.2) is 23.1 Å². The van der Waals surface area contributed by atoms with Crippen molar-refractivity contribution in [1.29, 1.82) is 0 Å². The molecule has 2 aliphatic carbocycles. The van der Waals surface area contributed by atoms with Crippen LogP contribution in [0.25, 0.3) is 11.0 Å². The maximum atomic E-state index is 14.2. The molecule has 2 aromatic heterocycles. The molecule has 51 heavy (non-hydrogen) atoms. The molecule has 4 aromatic rings. The predicted octanol–water partition coefficient (Wildman–Crippen LogP) is 3.80. The third-order valence-electron chi connectivity index (χ3n) is 10.2. The molecule has 266 valence electrons. The van der Waals surface area contributed by atoms with Crippen molar-refractivity contribution in [2.24, 2.45) is 7.05 Å². The van der Waals surface area contributed by atoms with Crippen LogP contribution in [0.15, 0.2) is 66.4 Å². The van der Waals surface area contributed by atoms with E-state index in [0.29, 0.717) is 39.2 Å². The molecule has 7 rings (SSSR count). The third-order valence-corrected chi connectivity index (χ3v) is 12.4. The highest BCUT2D eigenvalue weighted by Crippen LogP contribution is 2.63. The number of nitrogens with zero attached hydrogens (tertiary/aromatic N) is 5. The van der Waals surface area contributed by atoms with Crippen LogP contribution in [0.1, 0.15) is 35.2 Å². The fourth-order valence-corrected chi connectivity index (χ4v) is 9.05. The van der Waals surface area contributed by atoms with Crippen LogP contribution >= 0.6 is 46.4 Å². The Kier molecular flexibility index (Phi) is 8.36. The van der Waals surface area contributed by atoms with Crippen LogP contribution in [-0.4, -0.2) is 64.1 Å². The van der Waals surface area contributed by atoms with Gasteiger partial charge in [0.2, 0.25) is 0 Å². The minimum absolute atomic E-state index is 0.0201. The Morgan fingerprint density at radius 3 is 2.29 bits per heavy atom. The molecular formula is C34H29Cl4N5O8. The maximum absolute atomic E-state index is 14.2. The molecule has 3 aliphatic rings. The van der Waals surface area contributed by atoms with Crippen LogP contribution in [-0.2, 0) is 36.1 Å². The number of hydrogen-bond donors (Lipinski definition) is 1. The minimum Gasteiger partial charge on any atom is -0.508 e. The predicted molar refractivity (Wildman–Crippen MR) is 190 cm³/mol. The SMILES string of the molecule is COc1cc2nc(CCn3c(=O)n4n(c3=O)C3CC5(Cl)C(=O)C(Cl)=C(Cl)C(=O)C5(Cl)C(c5ccc(O)c(C)c5)C3=CC4)c(=O)n(C)c2cc1OC. The highest BCUT2D eigenvalue weighted by Gasteiger charge is 2.71. The number of ether oxygens (including phenoxy) is 2. The summed E-state index contributed by atoms with van der Waals surface area (Å²) in [6, 6.07) is 6.80. The van der Waals surface area contributed by atoms with Crippen LogP contribution in [0.2, 0.25) is 0 Å². The molecule has 4 unspecified atom stereocenters. The number of ketones is 2. The number of carbonyl (C=O) groups excluding carboxylic acids is 2. The highest BCUT2D eigenvalue weighted by atomic mass is 35.5. The van der Waals surface area contributed by atoms with Crippen molar-refractivity contribution in [3.05, 3.63) is 100 Å². The Labute approximate surface area is 308 Å². The molecule has 1 aliphatic heterocycles. The van der Waals surface area contributed by atoms with Gasteiger partial charge >= 0.3 is 11.4 Å². The number of carbonyl (C=O) groups is 2. The Bertz CT molecular complexity index is 2480. The smallest absolute Gasteiger partial charge is 0.347 e. The molecule has 1 fully saturated rings. The second-order valence-corrected chi connectivity index (χ2v) is 14.7. The zero-order valence-electron chi connectivity index (χ0n) is 27.5. The van der Waals surface area contributed by atoms with Crippen molar-refractivity contribution >= 4 is 69.0 Å². The summed E-state index contributed by atoms with van der Waals surface area (Å²) >= 11 is 27.0. The van der Waals surface area contributed by atoms with Crippen molar-refractivity contribution in [2.45, 2.75) is 54.6 Å². The molecule has 4 atom stereocenters. The van der Waals surface area contributed by atoms with Gasteiger partial charge in [-0.05, 0) is 29.7 Å². The van der Waals surface area contributed by atoms with Crippen LogP contribution in [0, 0.1) is 6.92 Å². The van der Waals surface area contributed by atoms with Gasteiger partial charge in [0.05, 0.1) is 37.8 Å². The molecule has 0 spiro atoms. The summed E-state index contributed by atoms with van der Waals surface area (Å²) in [6.45, 7) is 1.35. The monoisotopic (exact) mass is 775 g/mol. The normalized spacial score (nSPS) is 24.3. The van der Waals surface area contributed by atoms with E-state index in [0.717, 1.165) is 4.57 Å². The fraction of sp³-hybridized carbons (Fsp3) is 0.353. The Morgan fingerprint density at radius 1 is 0.961 bits per heavy atom. The van der Waals surface area contributed by atoms with Gasteiger partial charge in [-0.2, -0.15) is 0 Å². The Morgan fingerprint density at radius 2 is 1.63 bits per heavy atom. The molecule has 0 saturated heterocycles. The van der Waals surface area contributed by atoms with Crippen LogP contribution in [0.4, 0.5) is 0 Å². The number of phenols is 1. The van der Waals surface area contributed by atoms with Crippen LogP contribution < -0.4 is 26.4 Å². The number of hydrogen-bond acceptors (Lipinski definition) is 9. The van der Waals surface area contributed by atoms with Gasteiger partial charge < -0.3 is 19.1 Å². The van der Waals surface area contributed by atoms with Gasteiger partial charge in [-0.1, -0.05) is 41.4 Å². The van der Waals surface area contributed by atoms with E-state index in [1.807, 2.05) is 0 Å². The average molecular weight is 777 g/mol. The molecule has 0 bridgehead atoms. The lowest BCUT2D eigenvalue weighted by Gasteiger charge is -2.54. The highest BCUT2D eigenvalue weighted by molar-refractivity contribution is 6.66. The van der Waals surface area contributed by atoms with E-state index in [9.17, 15) is 29.1 Å². The number of aromatic hydroxyl groups is 1. The first-order valence-corrected chi connectivity index (χ1v) is 17.2. The number of aryl methyl sites for hydroxylation is 3. The van der Waals surface area contributed by atoms with Gasteiger partial charge in [-0.15, -0.1) is 23.2 Å². The van der Waals surface area contributed by atoms with Crippen LogP contribution in [0.5, 0.6) is 17.2 Å². The minimum atomic E-state index is -2.20. The average Bonchev–Trinajstić information content (AvgIpc) is 3.36. The summed E-state index contributed by atoms with van der Waals surface area (Å²) in [6.07, 6.45) is 1.22. The number of benzene rings is 2. The topological polar surface area (TPSA) is 157 Å². The Hall–Kier alpha value is -4.30. The molecule has 1 N–H and O–H groups in total. The van der Waals surface area contributed by atoms with E-state index in [2.05, 4.69) is 4.98 Å². The third kappa shape index (κ3) is 4.81. The van der Waals surface area contributed by atoms with E-state index < -0.39 is 60.3 Å². The zero-order chi connectivity index (χ0) is 36.9. The number of alkyl halides is 2. The molecule has 13 nitrogen and oxygen atoms in total. The number of aromatic nitrogens is 5. The van der Waals surface area contributed by atoms with E-state index in [1.54, 1.807) is 44.3 Å². The fourth-order valence-electron chi connectivity index (χ4n) is 7.53. The van der Waals surface area contributed by atoms with E-state index in [-0.39, 0.29) is 37.4 Å². The molecule has 2 aromatic carbocycles. The van der Waals surface area contributed by atoms with Crippen LogP contribution in [0.3, 0.4) is 0 Å². The van der Waals surface area contributed by atoms with Crippen molar-refractivity contribution < 1.29 is 24.2 Å². The second-order valence-electron chi connectivity index (χ2n) is 12.7. The quantitative estimate of drug-likeness (QED) is 0.227. The number of halogens is 4.